The number of hydrogen-bond donors (Lipinski definition) is 2. The number of carboxylic acids is 1. The van der Waals surface area contributed by atoms with E-state index in [1.54, 1.807) is 18.2 Å². The maximum Gasteiger partial charge on any atom is 0.336 e. The van der Waals surface area contributed by atoms with Crippen molar-refractivity contribution in [3.05, 3.63) is 53.1 Å². The molecular weight excluding hydrogens is 270 g/mol. The van der Waals surface area contributed by atoms with Gasteiger partial charge in [0.25, 0.3) is 0 Å². The summed E-state index contributed by atoms with van der Waals surface area (Å²) in [5.41, 5.74) is 9.45. The first kappa shape index (κ1) is 13.1. The second kappa shape index (κ2) is 5.21. The first-order chi connectivity index (χ1) is 9.63. The lowest BCUT2D eigenvalue weighted by Crippen LogP contribution is -1.99. The van der Waals surface area contributed by atoms with Crippen LogP contribution in [-0.4, -0.2) is 11.1 Å². The van der Waals surface area contributed by atoms with E-state index < -0.39 is 5.97 Å². The van der Waals surface area contributed by atoms with Gasteiger partial charge in [0, 0.05) is 15.5 Å². The van der Waals surface area contributed by atoms with E-state index in [2.05, 4.69) is 18.2 Å². The first-order valence-electron chi connectivity index (χ1n) is 6.56. The van der Waals surface area contributed by atoms with Gasteiger partial charge in [-0.3, -0.25) is 0 Å². The quantitative estimate of drug-likeness (QED) is 0.846. The molecule has 0 unspecified atom stereocenters. The van der Waals surface area contributed by atoms with E-state index in [0.717, 1.165) is 17.7 Å². The van der Waals surface area contributed by atoms with Crippen molar-refractivity contribution in [1.82, 2.24) is 0 Å². The summed E-state index contributed by atoms with van der Waals surface area (Å²) < 4.78 is 0. The average Bonchev–Trinajstić information content (AvgIpc) is 2.85. The summed E-state index contributed by atoms with van der Waals surface area (Å²) in [7, 11) is 0. The summed E-state index contributed by atoms with van der Waals surface area (Å²) in [4.78, 5) is 13.0. The number of aromatic carboxylic acids is 1. The maximum atomic E-state index is 11.3. The predicted molar refractivity (Wildman–Crippen MR) is 80.4 cm³/mol. The monoisotopic (exact) mass is 285 g/mol. The lowest BCUT2D eigenvalue weighted by Gasteiger charge is -2.08. The number of nitrogens with two attached hydrogens (primary N) is 1. The van der Waals surface area contributed by atoms with Crippen LogP contribution in [0.3, 0.4) is 0 Å². The summed E-state index contributed by atoms with van der Waals surface area (Å²) in [6.07, 6.45) is 3.48. The fourth-order valence-electron chi connectivity index (χ4n) is 2.54. The molecule has 3 rings (SSSR count). The van der Waals surface area contributed by atoms with Gasteiger partial charge in [0.2, 0.25) is 0 Å². The summed E-state index contributed by atoms with van der Waals surface area (Å²) in [6, 6.07) is 11.3. The van der Waals surface area contributed by atoms with Gasteiger partial charge in [-0.2, -0.15) is 0 Å². The third-order valence-electron chi connectivity index (χ3n) is 3.53. The molecule has 0 saturated carbocycles. The molecule has 20 heavy (non-hydrogen) atoms. The zero-order chi connectivity index (χ0) is 14.1. The minimum Gasteiger partial charge on any atom is -0.478 e. The Morgan fingerprint density at radius 1 is 1.10 bits per heavy atom. The van der Waals surface area contributed by atoms with E-state index >= 15 is 0 Å². The molecule has 3 nitrogen and oxygen atoms in total. The molecule has 2 aromatic carbocycles. The highest BCUT2D eigenvalue weighted by Crippen LogP contribution is 2.34. The molecule has 1 aliphatic rings. The Bertz CT molecular complexity index is 682. The number of carbonyl (C=O) groups is 1. The molecule has 4 heteroatoms. The highest BCUT2D eigenvalue weighted by atomic mass is 32.2. The minimum atomic E-state index is -0.923. The third kappa shape index (κ3) is 2.51. The van der Waals surface area contributed by atoms with Crippen LogP contribution in [0, 0.1) is 0 Å². The van der Waals surface area contributed by atoms with Crippen molar-refractivity contribution in [3.63, 3.8) is 0 Å². The second-order valence-corrected chi connectivity index (χ2v) is 6.06. The fourth-order valence-corrected chi connectivity index (χ4v) is 3.59. The Balaban J connectivity index is 1.95. The van der Waals surface area contributed by atoms with Gasteiger partial charge in [0.15, 0.2) is 0 Å². The van der Waals surface area contributed by atoms with E-state index in [9.17, 15) is 9.90 Å². The number of hydrogen-bond acceptors (Lipinski definition) is 3. The van der Waals surface area contributed by atoms with Crippen molar-refractivity contribution in [3.8, 4) is 0 Å². The molecule has 0 atom stereocenters. The molecule has 0 amide bonds. The normalized spacial score (nSPS) is 13.2. The van der Waals surface area contributed by atoms with Crippen LogP contribution >= 0.6 is 11.8 Å². The van der Waals surface area contributed by atoms with Gasteiger partial charge in [0.05, 0.1) is 5.56 Å². The molecule has 0 aromatic heterocycles. The zero-order valence-corrected chi connectivity index (χ0v) is 11.7. The van der Waals surface area contributed by atoms with Crippen LogP contribution in [0.25, 0.3) is 0 Å². The number of aryl methyl sites for hydroxylation is 2. The molecule has 0 saturated heterocycles. The lowest BCUT2D eigenvalue weighted by molar-refractivity contribution is 0.0693. The fraction of sp³-hybridized carbons (Fsp3) is 0.188. The lowest BCUT2D eigenvalue weighted by atomic mass is 10.1. The largest absolute Gasteiger partial charge is 0.478 e. The molecule has 0 radical (unpaired) electrons. The smallest absolute Gasteiger partial charge is 0.336 e. The third-order valence-corrected chi connectivity index (χ3v) is 4.58. The highest BCUT2D eigenvalue weighted by Gasteiger charge is 2.14. The molecular formula is C16H15NO2S. The SMILES string of the molecule is Nc1ccc(C(=O)O)c(Sc2ccc3c(c2)CCC3)c1. The van der Waals surface area contributed by atoms with Gasteiger partial charge in [-0.25, -0.2) is 4.79 Å². The Hall–Kier alpha value is -1.94. The number of carboxylic acid groups (broad SMARTS) is 1. The van der Waals surface area contributed by atoms with E-state index in [-0.39, 0.29) is 0 Å². The molecule has 0 aliphatic heterocycles. The number of fused-ring (bicyclic) bond motifs is 1. The van der Waals surface area contributed by atoms with Crippen LogP contribution in [0.1, 0.15) is 27.9 Å². The topological polar surface area (TPSA) is 63.3 Å². The Kier molecular flexibility index (Phi) is 3.40. The van der Waals surface area contributed by atoms with Crippen LogP contribution in [0.5, 0.6) is 0 Å². The van der Waals surface area contributed by atoms with E-state index in [1.165, 1.54) is 29.3 Å². The summed E-state index contributed by atoms with van der Waals surface area (Å²) in [5, 5.41) is 9.24. The van der Waals surface area contributed by atoms with E-state index in [0.29, 0.717) is 16.1 Å². The minimum absolute atomic E-state index is 0.296. The summed E-state index contributed by atoms with van der Waals surface area (Å²) in [5.74, 6) is -0.923. The average molecular weight is 285 g/mol. The highest BCUT2D eigenvalue weighted by molar-refractivity contribution is 7.99. The van der Waals surface area contributed by atoms with Gasteiger partial charge in [-0.1, -0.05) is 17.8 Å². The molecule has 0 spiro atoms. The molecule has 0 bridgehead atoms. The predicted octanol–water partition coefficient (Wildman–Crippen LogP) is 3.61. The van der Waals surface area contributed by atoms with Gasteiger partial charge < -0.3 is 10.8 Å². The second-order valence-electron chi connectivity index (χ2n) is 4.95. The van der Waals surface area contributed by atoms with E-state index in [1.807, 2.05) is 0 Å². The summed E-state index contributed by atoms with van der Waals surface area (Å²) in [6.45, 7) is 0. The number of nitrogen functional groups attached to an aromatic ring is 1. The van der Waals surface area contributed by atoms with Crippen molar-refractivity contribution in [2.75, 3.05) is 5.73 Å². The maximum absolute atomic E-state index is 11.3. The number of benzene rings is 2. The number of rotatable bonds is 3. The molecule has 102 valence electrons. The van der Waals surface area contributed by atoms with Crippen LogP contribution in [0.15, 0.2) is 46.2 Å². The van der Waals surface area contributed by atoms with Crippen LogP contribution in [-0.2, 0) is 12.8 Å². The molecule has 0 fully saturated rings. The van der Waals surface area contributed by atoms with Gasteiger partial charge in [-0.15, -0.1) is 0 Å². The van der Waals surface area contributed by atoms with Gasteiger partial charge in [0.1, 0.15) is 0 Å². The molecule has 2 aromatic rings. The summed E-state index contributed by atoms with van der Waals surface area (Å²) >= 11 is 1.46. The van der Waals surface area contributed by atoms with Crippen molar-refractivity contribution in [2.45, 2.75) is 29.1 Å². The first-order valence-corrected chi connectivity index (χ1v) is 7.37. The van der Waals surface area contributed by atoms with E-state index in [4.69, 9.17) is 5.73 Å². The molecule has 0 heterocycles. The molecule has 1 aliphatic carbocycles. The van der Waals surface area contributed by atoms with Crippen LogP contribution < -0.4 is 5.73 Å². The Morgan fingerprint density at radius 2 is 1.90 bits per heavy atom. The van der Waals surface area contributed by atoms with Gasteiger partial charge >= 0.3 is 5.97 Å². The van der Waals surface area contributed by atoms with Crippen molar-refractivity contribution in [2.24, 2.45) is 0 Å². The van der Waals surface area contributed by atoms with Crippen molar-refractivity contribution in [1.29, 1.82) is 0 Å². The van der Waals surface area contributed by atoms with Crippen LogP contribution in [0.4, 0.5) is 5.69 Å². The zero-order valence-electron chi connectivity index (χ0n) is 10.9. The van der Waals surface area contributed by atoms with Gasteiger partial charge in [-0.05, 0) is 60.7 Å². The van der Waals surface area contributed by atoms with Crippen molar-refractivity contribution < 1.29 is 9.90 Å². The molecule has 3 N–H and O–H groups in total. The Morgan fingerprint density at radius 3 is 2.70 bits per heavy atom. The van der Waals surface area contributed by atoms with Crippen LogP contribution in [0.2, 0.25) is 0 Å². The Labute approximate surface area is 121 Å². The standard InChI is InChI=1S/C16H15NO2S/c17-12-5-7-14(16(18)19)15(9-12)20-13-6-4-10-2-1-3-11(10)8-13/h4-9H,1-3,17H2,(H,18,19). The number of anilines is 1. The van der Waals surface area contributed by atoms with Crippen molar-refractivity contribution >= 4 is 23.4 Å².